The number of carbonyl (C=O) groups excluding carboxylic acids is 1. The van der Waals surface area contributed by atoms with Gasteiger partial charge in [-0.2, -0.15) is 0 Å². The highest BCUT2D eigenvalue weighted by Gasteiger charge is 2.13. The van der Waals surface area contributed by atoms with Gasteiger partial charge in [0.2, 0.25) is 5.91 Å². The Balaban J connectivity index is 1.53. The number of aromatic nitrogens is 3. The second kappa shape index (κ2) is 9.30. The first-order valence-electron chi connectivity index (χ1n) is 11.1. The summed E-state index contributed by atoms with van der Waals surface area (Å²) < 4.78 is 13.9. The van der Waals surface area contributed by atoms with E-state index >= 15 is 0 Å². The first kappa shape index (κ1) is 22.2. The molecule has 0 aliphatic rings. The number of nitrogens with zero attached hydrogens (tertiary/aromatic N) is 3. The van der Waals surface area contributed by atoms with Gasteiger partial charge >= 0.3 is 0 Å². The van der Waals surface area contributed by atoms with Gasteiger partial charge in [-0.05, 0) is 72.1 Å². The smallest absolute Gasteiger partial charge is 0.248 e. The fraction of sp³-hybridized carbons (Fsp3) is 0.0714. The van der Waals surface area contributed by atoms with Crippen molar-refractivity contribution in [2.45, 2.75) is 13.5 Å². The quantitative estimate of drug-likeness (QED) is 0.346. The number of hydrogen-bond donors (Lipinski definition) is 2. The van der Waals surface area contributed by atoms with Crippen molar-refractivity contribution in [1.29, 1.82) is 0 Å². The van der Waals surface area contributed by atoms with Crippen LogP contribution in [0.15, 0.2) is 85.3 Å². The Bertz CT molecular complexity index is 1550. The van der Waals surface area contributed by atoms with Crippen LogP contribution >= 0.6 is 0 Å². The molecule has 2 aromatic heterocycles. The van der Waals surface area contributed by atoms with Crippen molar-refractivity contribution < 1.29 is 9.18 Å². The predicted molar refractivity (Wildman–Crippen MR) is 135 cm³/mol. The highest BCUT2D eigenvalue weighted by atomic mass is 19.1. The molecule has 0 saturated heterocycles. The van der Waals surface area contributed by atoms with E-state index in [9.17, 15) is 9.18 Å². The molecule has 0 aliphatic heterocycles. The fourth-order valence-corrected chi connectivity index (χ4v) is 3.93. The molecule has 0 aliphatic carbocycles. The van der Waals surface area contributed by atoms with Gasteiger partial charge in [0.15, 0.2) is 0 Å². The van der Waals surface area contributed by atoms with Crippen LogP contribution in [0.1, 0.15) is 21.5 Å². The van der Waals surface area contributed by atoms with Crippen LogP contribution in [0.2, 0.25) is 0 Å². The lowest BCUT2D eigenvalue weighted by atomic mass is 9.97. The second-order valence-corrected chi connectivity index (χ2v) is 8.26. The SMILES string of the molecule is Cc1cc(-c2ncc(NCc3ccc(C(N)=O)cc3)cc2-c2ccc3nccnc3c2)ccc1F. The zero-order valence-electron chi connectivity index (χ0n) is 19.0. The third-order valence-electron chi connectivity index (χ3n) is 5.83. The molecule has 172 valence electrons. The number of amides is 1. The summed E-state index contributed by atoms with van der Waals surface area (Å²) >= 11 is 0. The zero-order valence-corrected chi connectivity index (χ0v) is 19.0. The number of nitrogens with two attached hydrogens (primary N) is 1. The average Bonchev–Trinajstić information content (AvgIpc) is 2.89. The van der Waals surface area contributed by atoms with Gasteiger partial charge in [-0.1, -0.05) is 18.2 Å². The van der Waals surface area contributed by atoms with Crippen molar-refractivity contribution in [3.05, 3.63) is 108 Å². The molecule has 3 N–H and O–H groups in total. The second-order valence-electron chi connectivity index (χ2n) is 8.26. The molecule has 0 unspecified atom stereocenters. The number of nitrogens with one attached hydrogen (secondary N) is 1. The number of aryl methyl sites for hydroxylation is 1. The molecule has 3 aromatic carbocycles. The van der Waals surface area contributed by atoms with Crippen LogP contribution in [0.5, 0.6) is 0 Å². The number of rotatable bonds is 6. The number of anilines is 1. The molecule has 0 saturated carbocycles. The van der Waals surface area contributed by atoms with Crippen molar-refractivity contribution in [1.82, 2.24) is 15.0 Å². The minimum Gasteiger partial charge on any atom is -0.380 e. The number of primary amides is 1. The predicted octanol–water partition coefficient (Wildman–Crippen LogP) is 5.52. The lowest BCUT2D eigenvalue weighted by molar-refractivity contribution is 0.100. The molecule has 5 aromatic rings. The Labute approximate surface area is 201 Å². The number of halogens is 1. The van der Waals surface area contributed by atoms with Crippen LogP contribution in [0.3, 0.4) is 0 Å². The summed E-state index contributed by atoms with van der Waals surface area (Å²) in [6, 6.07) is 20.1. The molecule has 5 rings (SSSR count). The van der Waals surface area contributed by atoms with Crippen molar-refractivity contribution in [3.8, 4) is 22.4 Å². The van der Waals surface area contributed by atoms with E-state index in [-0.39, 0.29) is 5.82 Å². The van der Waals surface area contributed by atoms with Gasteiger partial charge in [0, 0.05) is 35.6 Å². The van der Waals surface area contributed by atoms with Gasteiger partial charge in [0.1, 0.15) is 5.82 Å². The van der Waals surface area contributed by atoms with Crippen LogP contribution in [0.4, 0.5) is 10.1 Å². The van der Waals surface area contributed by atoms with Crippen LogP contribution in [0, 0.1) is 12.7 Å². The molecule has 0 spiro atoms. The van der Waals surface area contributed by atoms with E-state index in [0.717, 1.165) is 44.7 Å². The third kappa shape index (κ3) is 4.70. The average molecular weight is 464 g/mol. The Kier molecular flexibility index (Phi) is 5.89. The maximum absolute atomic E-state index is 13.9. The zero-order chi connectivity index (χ0) is 24.4. The van der Waals surface area contributed by atoms with Crippen LogP contribution in [-0.4, -0.2) is 20.9 Å². The molecule has 1 amide bonds. The number of carbonyl (C=O) groups is 1. The van der Waals surface area contributed by atoms with E-state index in [1.807, 2.05) is 36.4 Å². The Morgan fingerprint density at radius 2 is 1.63 bits per heavy atom. The minimum absolute atomic E-state index is 0.253. The van der Waals surface area contributed by atoms with Gasteiger partial charge in [-0.25, -0.2) is 4.39 Å². The Morgan fingerprint density at radius 3 is 2.37 bits per heavy atom. The molecule has 0 fully saturated rings. The lowest BCUT2D eigenvalue weighted by Crippen LogP contribution is -2.10. The summed E-state index contributed by atoms with van der Waals surface area (Å²) in [6.07, 6.45) is 5.09. The number of hydrogen-bond acceptors (Lipinski definition) is 5. The van der Waals surface area contributed by atoms with E-state index in [1.165, 1.54) is 6.07 Å². The summed E-state index contributed by atoms with van der Waals surface area (Å²) in [6.45, 7) is 2.28. The molecule has 6 nitrogen and oxygen atoms in total. The Hall–Kier alpha value is -4.65. The number of fused-ring (bicyclic) bond motifs is 1. The number of benzene rings is 3. The molecular weight excluding hydrogens is 441 g/mol. The molecular formula is C28H22FN5O. The van der Waals surface area contributed by atoms with Gasteiger partial charge in [-0.3, -0.25) is 19.7 Å². The first-order valence-corrected chi connectivity index (χ1v) is 11.1. The maximum atomic E-state index is 13.9. The van der Waals surface area contributed by atoms with Gasteiger partial charge in [-0.15, -0.1) is 0 Å². The van der Waals surface area contributed by atoms with Gasteiger partial charge in [0.25, 0.3) is 0 Å². The first-order chi connectivity index (χ1) is 17.0. The van der Waals surface area contributed by atoms with Crippen LogP contribution in [0.25, 0.3) is 33.4 Å². The van der Waals surface area contributed by atoms with Crippen molar-refractivity contribution in [2.24, 2.45) is 5.73 Å². The largest absolute Gasteiger partial charge is 0.380 e. The molecule has 7 heteroatoms. The van der Waals surface area contributed by atoms with Gasteiger partial charge < -0.3 is 11.1 Å². The highest BCUT2D eigenvalue weighted by Crippen LogP contribution is 2.34. The molecule has 35 heavy (non-hydrogen) atoms. The summed E-state index contributed by atoms with van der Waals surface area (Å²) in [5.41, 5.74) is 13.1. The highest BCUT2D eigenvalue weighted by molar-refractivity contribution is 5.92. The lowest BCUT2D eigenvalue weighted by Gasteiger charge is -2.14. The van der Waals surface area contributed by atoms with Crippen LogP contribution < -0.4 is 11.1 Å². The number of pyridine rings is 1. The monoisotopic (exact) mass is 463 g/mol. The van der Waals surface area contributed by atoms with Crippen molar-refractivity contribution in [3.63, 3.8) is 0 Å². The fourth-order valence-electron chi connectivity index (χ4n) is 3.93. The topological polar surface area (TPSA) is 93.8 Å². The molecule has 2 heterocycles. The Morgan fingerprint density at radius 1 is 0.886 bits per heavy atom. The van der Waals surface area contributed by atoms with E-state index in [1.54, 1.807) is 49.8 Å². The van der Waals surface area contributed by atoms with Crippen molar-refractivity contribution >= 4 is 22.6 Å². The van der Waals surface area contributed by atoms with E-state index in [2.05, 4.69) is 15.3 Å². The summed E-state index contributed by atoms with van der Waals surface area (Å²) in [5, 5.41) is 3.39. The van der Waals surface area contributed by atoms with Crippen molar-refractivity contribution in [2.75, 3.05) is 5.32 Å². The van der Waals surface area contributed by atoms with E-state index in [4.69, 9.17) is 10.7 Å². The molecule has 0 radical (unpaired) electrons. The van der Waals surface area contributed by atoms with E-state index < -0.39 is 5.91 Å². The summed E-state index contributed by atoms with van der Waals surface area (Å²) in [5.74, 6) is -0.707. The normalized spacial score (nSPS) is 10.9. The van der Waals surface area contributed by atoms with Crippen LogP contribution in [-0.2, 0) is 6.54 Å². The minimum atomic E-state index is -0.454. The van der Waals surface area contributed by atoms with E-state index in [0.29, 0.717) is 17.7 Å². The maximum Gasteiger partial charge on any atom is 0.248 e. The summed E-state index contributed by atoms with van der Waals surface area (Å²) in [4.78, 5) is 24.8. The molecule has 0 bridgehead atoms. The standard InChI is InChI=1S/C28H22FN5O/c1-17-12-21(6-8-24(17)29)27-23(20-7-9-25-26(13-20)32-11-10-31-25)14-22(16-34-27)33-15-18-2-4-19(5-3-18)28(30)35/h2-14,16,33H,15H2,1H3,(H2,30,35). The molecule has 0 atom stereocenters. The third-order valence-corrected chi connectivity index (χ3v) is 5.83. The van der Waals surface area contributed by atoms with Gasteiger partial charge in [0.05, 0.1) is 28.6 Å². The summed E-state index contributed by atoms with van der Waals surface area (Å²) in [7, 11) is 0.